The van der Waals surface area contributed by atoms with Crippen LogP contribution in [-0.2, 0) is 25.5 Å². The molecule has 1 fully saturated rings. The first-order valence-electron chi connectivity index (χ1n) is 12.1. The predicted molar refractivity (Wildman–Crippen MR) is 127 cm³/mol. The Bertz CT molecular complexity index is 743. The van der Waals surface area contributed by atoms with Gasteiger partial charge >= 0.3 is 11.9 Å². The van der Waals surface area contributed by atoms with Gasteiger partial charge in [-0.3, -0.25) is 14.9 Å². The molecule has 1 aromatic carbocycles. The highest BCUT2D eigenvalue weighted by atomic mass is 16.5. The number of carbonyl (C=O) groups excluding carboxylic acids is 2. The lowest BCUT2D eigenvalue weighted by atomic mass is 9.98. The number of nitrogens with one attached hydrogen (secondary N) is 1. The molecule has 0 radical (unpaired) electrons. The number of carbonyl (C=O) groups is 3. The third kappa shape index (κ3) is 8.78. The number of methoxy groups -OCH3 is 1. The van der Waals surface area contributed by atoms with Crippen LogP contribution in [0.1, 0.15) is 63.4 Å². The Morgan fingerprint density at radius 1 is 1.09 bits per heavy atom. The molecule has 1 heterocycles. The molecule has 1 saturated heterocycles. The second-order valence-electron chi connectivity index (χ2n) is 8.69. The van der Waals surface area contributed by atoms with E-state index in [1.54, 1.807) is 0 Å². The minimum atomic E-state index is -0.973. The van der Waals surface area contributed by atoms with Crippen LogP contribution in [0.15, 0.2) is 30.3 Å². The van der Waals surface area contributed by atoms with E-state index in [2.05, 4.69) is 5.32 Å². The number of ether oxygens (including phenoxy) is 1. The SMILES string of the molecule is COC(=O)[C@H](CCc1ccccc1)NC(CCCCN)C(=O)N1CCCCCC[C@H]1C(=O)O. The third-order valence-corrected chi connectivity index (χ3v) is 6.27. The van der Waals surface area contributed by atoms with Crippen LogP contribution in [-0.4, -0.2) is 66.2 Å². The van der Waals surface area contributed by atoms with Crippen molar-refractivity contribution in [1.29, 1.82) is 0 Å². The largest absolute Gasteiger partial charge is 0.480 e. The van der Waals surface area contributed by atoms with Crippen LogP contribution in [0.5, 0.6) is 0 Å². The zero-order valence-corrected chi connectivity index (χ0v) is 19.7. The maximum atomic E-state index is 13.6. The van der Waals surface area contributed by atoms with Crippen LogP contribution in [0.3, 0.4) is 0 Å². The Kier molecular flexibility index (Phi) is 11.9. The number of amides is 1. The number of carboxylic acid groups (broad SMARTS) is 1. The summed E-state index contributed by atoms with van der Waals surface area (Å²) in [5, 5.41) is 13.0. The monoisotopic (exact) mass is 461 g/mol. The van der Waals surface area contributed by atoms with Crippen LogP contribution in [0.2, 0.25) is 0 Å². The summed E-state index contributed by atoms with van der Waals surface area (Å²) in [6.45, 7) is 0.925. The van der Waals surface area contributed by atoms with Crippen LogP contribution >= 0.6 is 0 Å². The molecule has 1 amide bonds. The van der Waals surface area contributed by atoms with E-state index in [4.69, 9.17) is 10.5 Å². The van der Waals surface area contributed by atoms with Crippen LogP contribution < -0.4 is 11.1 Å². The molecule has 1 aromatic rings. The van der Waals surface area contributed by atoms with E-state index in [1.807, 2.05) is 30.3 Å². The fraction of sp³-hybridized carbons (Fsp3) is 0.640. The van der Waals surface area contributed by atoms with Gasteiger partial charge in [-0.25, -0.2) is 4.79 Å². The summed E-state index contributed by atoms with van der Waals surface area (Å²) in [6, 6.07) is 7.65. The molecule has 8 heteroatoms. The summed E-state index contributed by atoms with van der Waals surface area (Å²) in [5.41, 5.74) is 6.74. The summed E-state index contributed by atoms with van der Waals surface area (Å²) < 4.78 is 5.01. The first kappa shape index (κ1) is 26.8. The number of aliphatic carboxylic acids is 1. The Balaban J connectivity index is 2.19. The lowest BCUT2D eigenvalue weighted by molar-refractivity contribution is -0.153. The van der Waals surface area contributed by atoms with Gasteiger partial charge in [-0.15, -0.1) is 0 Å². The van der Waals surface area contributed by atoms with Gasteiger partial charge in [0.1, 0.15) is 12.1 Å². The molecule has 184 valence electrons. The first-order chi connectivity index (χ1) is 16.0. The number of nitrogens with two attached hydrogens (primary N) is 1. The number of hydrogen-bond acceptors (Lipinski definition) is 6. The topological polar surface area (TPSA) is 122 Å². The number of nitrogens with zero attached hydrogens (tertiary/aromatic N) is 1. The number of aryl methyl sites for hydroxylation is 1. The van der Waals surface area contributed by atoms with Crippen molar-refractivity contribution >= 4 is 17.8 Å². The molecule has 0 bridgehead atoms. The Labute approximate surface area is 196 Å². The minimum Gasteiger partial charge on any atom is -0.480 e. The quantitative estimate of drug-likeness (QED) is 0.323. The molecule has 33 heavy (non-hydrogen) atoms. The van der Waals surface area contributed by atoms with Gasteiger partial charge in [-0.1, -0.05) is 56.0 Å². The summed E-state index contributed by atoms with van der Waals surface area (Å²) in [7, 11) is 1.34. The van der Waals surface area contributed by atoms with Crippen molar-refractivity contribution in [3.63, 3.8) is 0 Å². The number of esters is 1. The number of likely N-dealkylation sites (tertiary alicyclic amines) is 1. The highest BCUT2D eigenvalue weighted by Gasteiger charge is 2.35. The van der Waals surface area contributed by atoms with E-state index in [0.29, 0.717) is 45.2 Å². The highest BCUT2D eigenvalue weighted by Crippen LogP contribution is 2.20. The van der Waals surface area contributed by atoms with Gasteiger partial charge in [-0.05, 0) is 50.6 Å². The van der Waals surface area contributed by atoms with E-state index in [9.17, 15) is 19.5 Å². The summed E-state index contributed by atoms with van der Waals surface area (Å²) in [4.78, 5) is 39.6. The summed E-state index contributed by atoms with van der Waals surface area (Å²) in [6.07, 6.45) is 7.03. The van der Waals surface area contributed by atoms with E-state index in [-0.39, 0.29) is 5.91 Å². The molecule has 8 nitrogen and oxygen atoms in total. The van der Waals surface area contributed by atoms with Gasteiger partial charge in [-0.2, -0.15) is 0 Å². The molecule has 0 aromatic heterocycles. The molecule has 1 aliphatic rings. The molecule has 2 rings (SSSR count). The van der Waals surface area contributed by atoms with E-state index in [0.717, 1.165) is 37.7 Å². The maximum absolute atomic E-state index is 13.6. The second kappa shape index (κ2) is 14.6. The fourth-order valence-corrected chi connectivity index (χ4v) is 4.39. The van der Waals surface area contributed by atoms with Gasteiger partial charge in [0.15, 0.2) is 0 Å². The van der Waals surface area contributed by atoms with Gasteiger partial charge in [0, 0.05) is 6.54 Å². The van der Waals surface area contributed by atoms with Crippen molar-refractivity contribution in [2.24, 2.45) is 5.73 Å². The van der Waals surface area contributed by atoms with Crippen LogP contribution in [0.25, 0.3) is 0 Å². The zero-order valence-electron chi connectivity index (χ0n) is 19.7. The highest BCUT2D eigenvalue weighted by molar-refractivity contribution is 5.88. The van der Waals surface area contributed by atoms with Crippen molar-refractivity contribution in [2.75, 3.05) is 20.2 Å². The maximum Gasteiger partial charge on any atom is 0.326 e. The van der Waals surface area contributed by atoms with Crippen molar-refractivity contribution in [1.82, 2.24) is 10.2 Å². The van der Waals surface area contributed by atoms with E-state index >= 15 is 0 Å². The summed E-state index contributed by atoms with van der Waals surface area (Å²) >= 11 is 0. The minimum absolute atomic E-state index is 0.255. The van der Waals surface area contributed by atoms with Gasteiger partial charge < -0.3 is 20.5 Å². The van der Waals surface area contributed by atoms with Crippen molar-refractivity contribution in [3.05, 3.63) is 35.9 Å². The number of hydrogen-bond donors (Lipinski definition) is 3. The average molecular weight is 462 g/mol. The average Bonchev–Trinajstić information content (AvgIpc) is 2.80. The molecule has 1 aliphatic heterocycles. The smallest absolute Gasteiger partial charge is 0.326 e. The van der Waals surface area contributed by atoms with Gasteiger partial charge in [0.25, 0.3) is 0 Å². The molecule has 3 atom stereocenters. The molecule has 0 saturated carbocycles. The van der Waals surface area contributed by atoms with Crippen LogP contribution in [0, 0.1) is 0 Å². The molecule has 4 N–H and O–H groups in total. The van der Waals surface area contributed by atoms with E-state index < -0.39 is 30.1 Å². The Hall–Kier alpha value is -2.45. The number of unbranched alkanes of at least 4 members (excludes halogenated alkanes) is 1. The predicted octanol–water partition coefficient (Wildman–Crippen LogP) is 2.49. The first-order valence-corrected chi connectivity index (χ1v) is 12.1. The Morgan fingerprint density at radius 3 is 2.48 bits per heavy atom. The fourth-order valence-electron chi connectivity index (χ4n) is 4.39. The summed E-state index contributed by atoms with van der Waals surface area (Å²) in [5.74, 6) is -1.65. The molecule has 0 spiro atoms. The standard InChI is InChI=1S/C25H39N3O5/c1-33-25(32)21(16-15-19-11-5-4-6-12-19)27-20(13-8-9-17-26)23(29)28-18-10-3-2-7-14-22(28)24(30)31/h4-6,11-12,20-22,27H,2-3,7-10,13-18,26H2,1H3,(H,30,31)/t20?,21-,22-/m0/s1. The van der Waals surface area contributed by atoms with Crippen molar-refractivity contribution in [3.8, 4) is 0 Å². The van der Waals surface area contributed by atoms with Crippen molar-refractivity contribution < 1.29 is 24.2 Å². The second-order valence-corrected chi connectivity index (χ2v) is 8.69. The zero-order chi connectivity index (χ0) is 24.1. The van der Waals surface area contributed by atoms with E-state index in [1.165, 1.54) is 12.0 Å². The lowest BCUT2D eigenvalue weighted by Gasteiger charge is -2.35. The Morgan fingerprint density at radius 2 is 1.82 bits per heavy atom. The molecular formula is C25H39N3O5. The van der Waals surface area contributed by atoms with Gasteiger partial charge in [0.2, 0.25) is 5.91 Å². The lowest BCUT2D eigenvalue weighted by Crippen LogP contribution is -2.56. The van der Waals surface area contributed by atoms with Crippen molar-refractivity contribution in [2.45, 2.75) is 82.3 Å². The number of benzene rings is 1. The molecule has 0 aliphatic carbocycles. The molecular weight excluding hydrogens is 422 g/mol. The normalized spacial score (nSPS) is 18.6. The number of rotatable bonds is 12. The van der Waals surface area contributed by atoms with Crippen LogP contribution in [0.4, 0.5) is 0 Å². The van der Waals surface area contributed by atoms with Gasteiger partial charge in [0.05, 0.1) is 13.2 Å². The number of carboxylic acids is 1. The molecule has 1 unspecified atom stereocenters. The third-order valence-electron chi connectivity index (χ3n) is 6.27.